The van der Waals surface area contributed by atoms with Gasteiger partial charge in [0, 0.05) is 0 Å². The van der Waals surface area contributed by atoms with Crippen molar-refractivity contribution in [2.45, 2.75) is 53.9 Å². The second-order valence-corrected chi connectivity index (χ2v) is 5.44. The highest BCUT2D eigenvalue weighted by atomic mass is 14.5. The summed E-state index contributed by atoms with van der Waals surface area (Å²) in [5, 5.41) is 0. The Balaban J connectivity index is 2.34. The monoisotopic (exact) mass is 168 g/mol. The van der Waals surface area contributed by atoms with E-state index in [1.165, 1.54) is 19.3 Å². The molecule has 0 radical (unpaired) electrons. The van der Waals surface area contributed by atoms with Crippen molar-refractivity contribution in [2.75, 3.05) is 0 Å². The van der Waals surface area contributed by atoms with Crippen molar-refractivity contribution in [3.63, 3.8) is 0 Å². The van der Waals surface area contributed by atoms with E-state index < -0.39 is 0 Å². The van der Waals surface area contributed by atoms with E-state index in [2.05, 4.69) is 34.6 Å². The molecule has 1 unspecified atom stereocenters. The largest absolute Gasteiger partial charge is 0.0649 e. The van der Waals surface area contributed by atoms with Crippen LogP contribution in [0.4, 0.5) is 0 Å². The summed E-state index contributed by atoms with van der Waals surface area (Å²) >= 11 is 0. The van der Waals surface area contributed by atoms with Crippen LogP contribution in [-0.4, -0.2) is 0 Å². The van der Waals surface area contributed by atoms with E-state index >= 15 is 0 Å². The SMILES string of the molecule is CCC1(C)CC(C(C)C(C)C)C1. The van der Waals surface area contributed by atoms with Gasteiger partial charge >= 0.3 is 0 Å². The molecule has 1 rings (SSSR count). The van der Waals surface area contributed by atoms with Gasteiger partial charge in [-0.25, -0.2) is 0 Å². The first-order valence-electron chi connectivity index (χ1n) is 5.48. The van der Waals surface area contributed by atoms with E-state index in [1.54, 1.807) is 0 Å². The first-order valence-corrected chi connectivity index (χ1v) is 5.48. The molecule has 1 atom stereocenters. The molecule has 0 aliphatic heterocycles. The third-order valence-corrected chi connectivity index (χ3v) is 4.16. The molecule has 0 aromatic carbocycles. The van der Waals surface area contributed by atoms with Crippen molar-refractivity contribution in [3.05, 3.63) is 0 Å². The summed E-state index contributed by atoms with van der Waals surface area (Å²) in [6, 6.07) is 0. The van der Waals surface area contributed by atoms with Gasteiger partial charge in [0.15, 0.2) is 0 Å². The highest BCUT2D eigenvalue weighted by Crippen LogP contribution is 2.51. The van der Waals surface area contributed by atoms with Gasteiger partial charge in [0.2, 0.25) is 0 Å². The summed E-state index contributed by atoms with van der Waals surface area (Å²) in [5.41, 5.74) is 0.702. The van der Waals surface area contributed by atoms with E-state index in [9.17, 15) is 0 Å². The molecule has 1 fully saturated rings. The van der Waals surface area contributed by atoms with E-state index in [0.717, 1.165) is 17.8 Å². The van der Waals surface area contributed by atoms with Gasteiger partial charge < -0.3 is 0 Å². The maximum absolute atomic E-state index is 2.44. The molecule has 0 N–H and O–H groups in total. The van der Waals surface area contributed by atoms with Gasteiger partial charge in [0.05, 0.1) is 0 Å². The molecule has 1 aliphatic carbocycles. The minimum absolute atomic E-state index is 0.702. The molecule has 0 aromatic heterocycles. The van der Waals surface area contributed by atoms with E-state index in [1.807, 2.05) is 0 Å². The lowest BCUT2D eigenvalue weighted by atomic mass is 9.57. The van der Waals surface area contributed by atoms with Crippen molar-refractivity contribution in [3.8, 4) is 0 Å². The zero-order chi connectivity index (χ0) is 9.35. The zero-order valence-corrected chi connectivity index (χ0v) is 9.35. The van der Waals surface area contributed by atoms with Crippen molar-refractivity contribution in [1.82, 2.24) is 0 Å². The lowest BCUT2D eigenvalue weighted by Gasteiger charge is -2.48. The van der Waals surface area contributed by atoms with Crippen LogP contribution in [0.3, 0.4) is 0 Å². The Morgan fingerprint density at radius 1 is 1.25 bits per heavy atom. The Morgan fingerprint density at radius 3 is 2.08 bits per heavy atom. The molecule has 12 heavy (non-hydrogen) atoms. The molecule has 0 bridgehead atoms. The van der Waals surface area contributed by atoms with Crippen molar-refractivity contribution in [1.29, 1.82) is 0 Å². The molecular weight excluding hydrogens is 144 g/mol. The number of rotatable bonds is 3. The van der Waals surface area contributed by atoms with E-state index in [-0.39, 0.29) is 0 Å². The minimum Gasteiger partial charge on any atom is -0.0649 e. The number of hydrogen-bond acceptors (Lipinski definition) is 0. The molecule has 0 heteroatoms. The standard InChI is InChI=1S/C12H24/c1-6-12(5)7-11(8-12)10(4)9(2)3/h9-11H,6-8H2,1-5H3. The molecule has 0 amide bonds. The Labute approximate surface area is 77.7 Å². The minimum atomic E-state index is 0.702. The van der Waals surface area contributed by atoms with Crippen LogP contribution in [0.15, 0.2) is 0 Å². The van der Waals surface area contributed by atoms with Crippen molar-refractivity contribution < 1.29 is 0 Å². The van der Waals surface area contributed by atoms with Gasteiger partial charge in [-0.15, -0.1) is 0 Å². The van der Waals surface area contributed by atoms with E-state index in [0.29, 0.717) is 5.41 Å². The van der Waals surface area contributed by atoms with Crippen LogP contribution in [0.1, 0.15) is 53.9 Å². The fourth-order valence-electron chi connectivity index (χ4n) is 2.41. The summed E-state index contributed by atoms with van der Waals surface area (Å²) in [5.74, 6) is 2.83. The van der Waals surface area contributed by atoms with Crippen LogP contribution in [0, 0.1) is 23.2 Å². The third-order valence-electron chi connectivity index (χ3n) is 4.16. The fraction of sp³-hybridized carbons (Fsp3) is 1.00. The molecule has 1 saturated carbocycles. The third kappa shape index (κ3) is 1.84. The second kappa shape index (κ2) is 3.40. The predicted molar refractivity (Wildman–Crippen MR) is 55.1 cm³/mol. The van der Waals surface area contributed by atoms with Gasteiger partial charge in [-0.05, 0) is 36.0 Å². The van der Waals surface area contributed by atoms with Crippen LogP contribution in [-0.2, 0) is 0 Å². The fourth-order valence-corrected chi connectivity index (χ4v) is 2.41. The first-order chi connectivity index (χ1) is 5.48. The summed E-state index contributed by atoms with van der Waals surface area (Å²) < 4.78 is 0. The van der Waals surface area contributed by atoms with Gasteiger partial charge in [-0.3, -0.25) is 0 Å². The van der Waals surface area contributed by atoms with Crippen molar-refractivity contribution in [2.24, 2.45) is 23.2 Å². The topological polar surface area (TPSA) is 0 Å². The molecule has 72 valence electrons. The summed E-state index contributed by atoms with van der Waals surface area (Å²) in [7, 11) is 0. The Kier molecular flexibility index (Phi) is 2.85. The highest BCUT2D eigenvalue weighted by molar-refractivity contribution is 4.91. The quantitative estimate of drug-likeness (QED) is 0.595. The van der Waals surface area contributed by atoms with Gasteiger partial charge in [-0.2, -0.15) is 0 Å². The van der Waals surface area contributed by atoms with Gasteiger partial charge in [0.25, 0.3) is 0 Å². The van der Waals surface area contributed by atoms with Gasteiger partial charge in [0.1, 0.15) is 0 Å². The van der Waals surface area contributed by atoms with Crippen LogP contribution in [0.5, 0.6) is 0 Å². The number of hydrogen-bond donors (Lipinski definition) is 0. The molecule has 1 aliphatic rings. The summed E-state index contributed by atoms with van der Waals surface area (Å²) in [6.07, 6.45) is 4.32. The highest BCUT2D eigenvalue weighted by Gasteiger charge is 2.41. The maximum atomic E-state index is 2.44. The zero-order valence-electron chi connectivity index (χ0n) is 9.35. The Bertz CT molecular complexity index is 140. The van der Waals surface area contributed by atoms with E-state index in [4.69, 9.17) is 0 Å². The Hall–Kier alpha value is 0. The van der Waals surface area contributed by atoms with Crippen molar-refractivity contribution >= 4 is 0 Å². The molecule has 0 heterocycles. The van der Waals surface area contributed by atoms with Crippen LogP contribution >= 0.6 is 0 Å². The molecule has 0 aromatic rings. The maximum Gasteiger partial charge on any atom is -0.0323 e. The van der Waals surface area contributed by atoms with Crippen LogP contribution in [0.25, 0.3) is 0 Å². The molecule has 0 nitrogen and oxygen atoms in total. The summed E-state index contributed by atoms with van der Waals surface area (Å²) in [4.78, 5) is 0. The van der Waals surface area contributed by atoms with Gasteiger partial charge in [-0.1, -0.05) is 41.0 Å². The first kappa shape index (κ1) is 10.1. The molecule has 0 spiro atoms. The molecule has 0 saturated heterocycles. The predicted octanol–water partition coefficient (Wildman–Crippen LogP) is 4.10. The second-order valence-electron chi connectivity index (χ2n) is 5.44. The average molecular weight is 168 g/mol. The van der Waals surface area contributed by atoms with Crippen LogP contribution in [0.2, 0.25) is 0 Å². The lowest BCUT2D eigenvalue weighted by molar-refractivity contribution is 0.0198. The summed E-state index contributed by atoms with van der Waals surface area (Å²) in [6.45, 7) is 11.9. The Morgan fingerprint density at radius 2 is 1.75 bits per heavy atom. The molecular formula is C12H24. The smallest absolute Gasteiger partial charge is 0.0323 e. The lowest BCUT2D eigenvalue weighted by Crippen LogP contribution is -2.38. The van der Waals surface area contributed by atoms with Crippen LogP contribution < -0.4 is 0 Å². The normalized spacial score (nSPS) is 38.0. The average Bonchev–Trinajstić information content (AvgIpc) is 1.97.